The van der Waals surface area contributed by atoms with Crippen LogP contribution in [0.1, 0.15) is 39.8 Å². The van der Waals surface area contributed by atoms with Gasteiger partial charge in [-0.1, -0.05) is 18.7 Å². The zero-order valence-electron chi connectivity index (χ0n) is 12.2. The van der Waals surface area contributed by atoms with Crippen LogP contribution in [0, 0.1) is 6.92 Å². The van der Waals surface area contributed by atoms with Crippen LogP contribution in [0.3, 0.4) is 0 Å². The molecule has 0 aliphatic carbocycles. The maximum Gasteiger partial charge on any atom is 0.256 e. The van der Waals surface area contributed by atoms with Crippen molar-refractivity contribution in [3.8, 4) is 0 Å². The van der Waals surface area contributed by atoms with Gasteiger partial charge in [0.15, 0.2) is 0 Å². The minimum absolute atomic E-state index is 0.168. The highest BCUT2D eigenvalue weighted by atomic mass is 32.2. The van der Waals surface area contributed by atoms with E-state index >= 15 is 0 Å². The number of nitrogens with two attached hydrogens (primary N) is 1. The number of oxazole rings is 1. The van der Waals surface area contributed by atoms with Crippen LogP contribution in [0.2, 0.25) is 0 Å². The molecule has 0 radical (unpaired) electrons. The number of aryl methyl sites for hydroxylation is 1. The third kappa shape index (κ3) is 4.87. The van der Waals surface area contributed by atoms with Crippen molar-refractivity contribution in [1.82, 2.24) is 10.3 Å². The zero-order chi connectivity index (χ0) is 14.6. The van der Waals surface area contributed by atoms with Crippen molar-refractivity contribution in [3.05, 3.63) is 12.0 Å². The number of hydrogen-bond acceptors (Lipinski definition) is 5. The number of primary amides is 1. The lowest BCUT2D eigenvalue weighted by Gasteiger charge is -2.31. The third-order valence-corrected chi connectivity index (χ3v) is 3.70. The number of nitrogens with zero attached hydrogens (tertiary/aromatic N) is 1. The predicted octanol–water partition coefficient (Wildman–Crippen LogP) is 2.10. The minimum Gasteiger partial charge on any atom is -0.440 e. The molecule has 0 aliphatic rings. The highest BCUT2D eigenvalue weighted by Gasteiger charge is 2.33. The topological polar surface area (TPSA) is 81.1 Å². The molecular formula is C13H23N3O2S. The zero-order valence-corrected chi connectivity index (χ0v) is 13.0. The number of carbonyl (C=O) groups is 1. The van der Waals surface area contributed by atoms with Crippen LogP contribution in [0.4, 0.5) is 0 Å². The van der Waals surface area contributed by atoms with Gasteiger partial charge in [-0.15, -0.1) is 0 Å². The molecule has 1 amide bonds. The molecule has 1 rings (SSSR count). The summed E-state index contributed by atoms with van der Waals surface area (Å²) in [6.45, 7) is 9.75. The molecule has 19 heavy (non-hydrogen) atoms. The number of carbonyl (C=O) groups excluding carboxylic acids is 1. The maximum absolute atomic E-state index is 11.7. The minimum atomic E-state index is -0.720. The summed E-state index contributed by atoms with van der Waals surface area (Å²) in [5, 5.41) is 4.03. The number of amides is 1. The number of nitrogens with one attached hydrogen (secondary N) is 1. The molecule has 0 spiro atoms. The molecule has 1 heterocycles. The van der Waals surface area contributed by atoms with Crippen molar-refractivity contribution in [2.45, 2.75) is 63.1 Å². The van der Waals surface area contributed by atoms with Crippen LogP contribution in [-0.2, 0) is 4.79 Å². The van der Waals surface area contributed by atoms with E-state index in [1.165, 1.54) is 11.8 Å². The molecule has 0 aliphatic heterocycles. The van der Waals surface area contributed by atoms with E-state index in [1.54, 1.807) is 6.26 Å². The van der Waals surface area contributed by atoms with Gasteiger partial charge in [0.1, 0.15) is 6.26 Å². The lowest BCUT2D eigenvalue weighted by atomic mass is 9.94. The largest absolute Gasteiger partial charge is 0.440 e. The summed E-state index contributed by atoms with van der Waals surface area (Å²) in [5.74, 6) is -0.336. The summed E-state index contributed by atoms with van der Waals surface area (Å²) in [7, 11) is 0. The summed E-state index contributed by atoms with van der Waals surface area (Å²) >= 11 is 1.51. The van der Waals surface area contributed by atoms with Gasteiger partial charge >= 0.3 is 0 Å². The summed E-state index contributed by atoms with van der Waals surface area (Å²) in [6, 6.07) is 0.193. The molecule has 2 unspecified atom stereocenters. The number of hydrogen-bond donors (Lipinski definition) is 2. The average Bonchev–Trinajstić information content (AvgIpc) is 2.61. The second-order valence-corrected chi connectivity index (χ2v) is 6.77. The van der Waals surface area contributed by atoms with E-state index in [9.17, 15) is 4.79 Å². The Hall–Kier alpha value is -1.01. The Balaban J connectivity index is 2.66. The lowest BCUT2D eigenvalue weighted by Crippen LogP contribution is -2.56. The third-order valence-electron chi connectivity index (χ3n) is 2.75. The second kappa shape index (κ2) is 6.43. The Kier molecular flexibility index (Phi) is 5.43. The molecule has 0 fully saturated rings. The van der Waals surface area contributed by atoms with Crippen molar-refractivity contribution in [2.24, 2.45) is 5.73 Å². The molecule has 1 aromatic rings. The Bertz CT molecular complexity index is 433. The summed E-state index contributed by atoms with van der Waals surface area (Å²) in [4.78, 5) is 15.9. The van der Waals surface area contributed by atoms with Gasteiger partial charge in [-0.25, -0.2) is 4.98 Å². The Morgan fingerprint density at radius 2 is 2.21 bits per heavy atom. The summed E-state index contributed by atoms with van der Waals surface area (Å²) in [6.07, 6.45) is 2.24. The van der Waals surface area contributed by atoms with E-state index in [4.69, 9.17) is 10.2 Å². The van der Waals surface area contributed by atoms with E-state index in [0.29, 0.717) is 11.6 Å². The molecule has 0 saturated heterocycles. The fourth-order valence-electron chi connectivity index (χ4n) is 2.04. The maximum atomic E-state index is 11.7. The monoisotopic (exact) mass is 285 g/mol. The SMILES string of the molecule is Cc1coc(SC(C)CC(C)(NC(C)C)C(N)=O)n1. The van der Waals surface area contributed by atoms with Crippen LogP contribution < -0.4 is 11.1 Å². The average molecular weight is 285 g/mol. The molecule has 5 nitrogen and oxygen atoms in total. The molecule has 1 aromatic heterocycles. The summed E-state index contributed by atoms with van der Waals surface area (Å²) in [5.41, 5.74) is 5.65. The smallest absolute Gasteiger partial charge is 0.256 e. The first-order valence-corrected chi connectivity index (χ1v) is 7.27. The van der Waals surface area contributed by atoms with Crippen LogP contribution in [0.15, 0.2) is 15.9 Å². The van der Waals surface area contributed by atoms with Gasteiger partial charge in [-0.2, -0.15) is 0 Å². The van der Waals surface area contributed by atoms with E-state index < -0.39 is 5.54 Å². The molecule has 0 aromatic carbocycles. The van der Waals surface area contributed by atoms with Gasteiger partial charge < -0.3 is 15.5 Å². The first kappa shape index (κ1) is 16.0. The molecule has 0 bridgehead atoms. The molecular weight excluding hydrogens is 262 g/mol. The predicted molar refractivity (Wildman–Crippen MR) is 77.0 cm³/mol. The van der Waals surface area contributed by atoms with Crippen molar-refractivity contribution in [2.75, 3.05) is 0 Å². The van der Waals surface area contributed by atoms with Gasteiger partial charge in [0.25, 0.3) is 5.22 Å². The van der Waals surface area contributed by atoms with Crippen molar-refractivity contribution in [3.63, 3.8) is 0 Å². The molecule has 108 valence electrons. The fraction of sp³-hybridized carbons (Fsp3) is 0.692. The normalized spacial score (nSPS) is 16.3. The Morgan fingerprint density at radius 3 is 2.63 bits per heavy atom. The number of aromatic nitrogens is 1. The molecule has 2 atom stereocenters. The second-order valence-electron chi connectivity index (χ2n) is 5.38. The lowest BCUT2D eigenvalue weighted by molar-refractivity contribution is -0.124. The van der Waals surface area contributed by atoms with Crippen LogP contribution >= 0.6 is 11.8 Å². The van der Waals surface area contributed by atoms with Crippen molar-refractivity contribution in [1.29, 1.82) is 0 Å². The Labute approximate surface area is 118 Å². The number of rotatable bonds is 7. The van der Waals surface area contributed by atoms with Gasteiger partial charge in [-0.05, 0) is 34.1 Å². The van der Waals surface area contributed by atoms with Gasteiger partial charge in [0.05, 0.1) is 11.2 Å². The van der Waals surface area contributed by atoms with Crippen LogP contribution in [-0.4, -0.2) is 27.7 Å². The first-order valence-electron chi connectivity index (χ1n) is 6.39. The first-order chi connectivity index (χ1) is 8.73. The highest BCUT2D eigenvalue weighted by Crippen LogP contribution is 2.28. The highest BCUT2D eigenvalue weighted by molar-refractivity contribution is 7.99. The van der Waals surface area contributed by atoms with E-state index in [1.807, 2.05) is 34.6 Å². The van der Waals surface area contributed by atoms with E-state index in [-0.39, 0.29) is 17.2 Å². The van der Waals surface area contributed by atoms with Gasteiger partial charge in [-0.3, -0.25) is 4.79 Å². The molecule has 3 N–H and O–H groups in total. The van der Waals surface area contributed by atoms with Crippen molar-refractivity contribution < 1.29 is 9.21 Å². The molecule has 0 saturated carbocycles. The van der Waals surface area contributed by atoms with Gasteiger partial charge in [0.2, 0.25) is 5.91 Å². The van der Waals surface area contributed by atoms with Gasteiger partial charge in [0, 0.05) is 11.3 Å². The quantitative estimate of drug-likeness (QED) is 0.750. The van der Waals surface area contributed by atoms with Crippen LogP contribution in [0.25, 0.3) is 0 Å². The number of thioether (sulfide) groups is 1. The van der Waals surface area contributed by atoms with Crippen molar-refractivity contribution >= 4 is 17.7 Å². The fourth-order valence-corrected chi connectivity index (χ4v) is 3.10. The van der Waals surface area contributed by atoms with E-state index in [2.05, 4.69) is 10.3 Å². The van der Waals surface area contributed by atoms with Crippen LogP contribution in [0.5, 0.6) is 0 Å². The standard InChI is InChI=1S/C13H23N3O2S/c1-8(2)16-13(5,11(14)17)6-10(4)19-12-15-9(3)7-18-12/h7-8,10,16H,6H2,1-5H3,(H2,14,17). The Morgan fingerprint density at radius 1 is 1.58 bits per heavy atom. The molecule has 6 heteroatoms. The van der Waals surface area contributed by atoms with E-state index in [0.717, 1.165) is 5.69 Å². The summed E-state index contributed by atoms with van der Waals surface area (Å²) < 4.78 is 5.31.